The first-order chi connectivity index (χ1) is 13.0. The van der Waals surface area contributed by atoms with E-state index in [0.717, 1.165) is 19.3 Å². The van der Waals surface area contributed by atoms with Crippen LogP contribution in [0.25, 0.3) is 5.57 Å². The zero-order valence-electron chi connectivity index (χ0n) is 15.0. The van der Waals surface area contributed by atoms with Gasteiger partial charge in [0.15, 0.2) is 0 Å². The fraction of sp³-hybridized carbons (Fsp3) is 0.286. The first kappa shape index (κ1) is 17.9. The molecular weight excluding hydrogens is 360 g/mol. The fourth-order valence-electron chi connectivity index (χ4n) is 3.22. The second kappa shape index (κ2) is 7.29. The van der Waals surface area contributed by atoms with Crippen molar-refractivity contribution in [3.05, 3.63) is 71.8 Å². The minimum atomic E-state index is -3.49. The van der Waals surface area contributed by atoms with Crippen molar-refractivity contribution in [3.63, 3.8) is 0 Å². The summed E-state index contributed by atoms with van der Waals surface area (Å²) in [4.78, 5) is 14.7. The number of hydrogen-bond donors (Lipinski definition) is 1. The van der Waals surface area contributed by atoms with E-state index >= 15 is 0 Å². The molecule has 0 unspecified atom stereocenters. The van der Waals surface area contributed by atoms with Gasteiger partial charge in [-0.25, -0.2) is 13.1 Å². The Labute approximate surface area is 159 Å². The average molecular weight is 382 g/mol. The molecule has 1 heterocycles. The van der Waals surface area contributed by atoms with Crippen molar-refractivity contribution in [1.82, 2.24) is 9.62 Å². The Balaban J connectivity index is 1.43. The fourth-order valence-corrected chi connectivity index (χ4v) is 4.52. The van der Waals surface area contributed by atoms with Crippen LogP contribution in [0.1, 0.15) is 35.2 Å². The van der Waals surface area contributed by atoms with Crippen LogP contribution in [0.4, 0.5) is 0 Å². The van der Waals surface area contributed by atoms with Gasteiger partial charge in [-0.1, -0.05) is 36.4 Å². The molecule has 1 aliphatic carbocycles. The molecule has 140 valence electrons. The monoisotopic (exact) mass is 382 g/mol. The molecule has 2 aromatic rings. The molecule has 27 heavy (non-hydrogen) atoms. The zero-order chi connectivity index (χ0) is 18.9. The van der Waals surface area contributed by atoms with Crippen LogP contribution in [0.5, 0.6) is 0 Å². The summed E-state index contributed by atoms with van der Waals surface area (Å²) < 4.78 is 27.1. The molecule has 1 aliphatic heterocycles. The van der Waals surface area contributed by atoms with E-state index in [9.17, 15) is 13.2 Å². The molecule has 0 aromatic heterocycles. The number of amides is 1. The number of carbonyl (C=O) groups excluding carboxylic acids is 1. The summed E-state index contributed by atoms with van der Waals surface area (Å²) in [6.07, 6.45) is 4.69. The maximum atomic E-state index is 12.7. The van der Waals surface area contributed by atoms with Crippen LogP contribution in [-0.2, 0) is 10.0 Å². The van der Waals surface area contributed by atoms with Gasteiger partial charge in [-0.05, 0) is 54.7 Å². The van der Waals surface area contributed by atoms with Crippen molar-refractivity contribution in [3.8, 4) is 0 Å². The van der Waals surface area contributed by atoms with Crippen molar-refractivity contribution in [1.29, 1.82) is 0 Å². The van der Waals surface area contributed by atoms with Crippen molar-refractivity contribution >= 4 is 21.5 Å². The van der Waals surface area contributed by atoms with Gasteiger partial charge in [0.2, 0.25) is 10.0 Å². The van der Waals surface area contributed by atoms with Crippen molar-refractivity contribution < 1.29 is 13.2 Å². The molecule has 0 radical (unpaired) electrons. The van der Waals surface area contributed by atoms with Crippen molar-refractivity contribution in [2.45, 2.75) is 30.2 Å². The summed E-state index contributed by atoms with van der Waals surface area (Å²) in [5.74, 6) is -0.0718. The molecule has 0 bridgehead atoms. The topological polar surface area (TPSA) is 66.5 Å². The molecule has 1 saturated carbocycles. The van der Waals surface area contributed by atoms with Crippen LogP contribution in [0, 0.1) is 0 Å². The normalized spacial score (nSPS) is 17.5. The molecule has 2 aliphatic rings. The lowest BCUT2D eigenvalue weighted by Crippen LogP contribution is -2.34. The van der Waals surface area contributed by atoms with Gasteiger partial charge in [0.25, 0.3) is 5.91 Å². The zero-order valence-corrected chi connectivity index (χ0v) is 15.8. The minimum absolute atomic E-state index is 0.0651. The third-order valence-corrected chi connectivity index (χ3v) is 6.49. The average Bonchev–Trinajstić information content (AvgIpc) is 3.52. The van der Waals surface area contributed by atoms with E-state index in [0.29, 0.717) is 18.7 Å². The van der Waals surface area contributed by atoms with Gasteiger partial charge < -0.3 is 4.90 Å². The first-order valence-electron chi connectivity index (χ1n) is 9.19. The Morgan fingerprint density at radius 3 is 2.30 bits per heavy atom. The predicted molar refractivity (Wildman–Crippen MR) is 105 cm³/mol. The third kappa shape index (κ3) is 4.12. The second-order valence-electron chi connectivity index (χ2n) is 7.02. The first-order valence-corrected chi connectivity index (χ1v) is 10.7. The van der Waals surface area contributed by atoms with Crippen molar-refractivity contribution in [2.75, 3.05) is 13.1 Å². The standard InChI is InChI=1S/C21H22N2O3S/c24-21(23-14-12-17(13-15-23)16-4-2-1-3-5-16)18-6-10-20(11-7-18)27(25,26)22-19-8-9-19/h1-7,10-12,19,22H,8-9,13-15H2. The van der Waals surface area contributed by atoms with Gasteiger partial charge in [-0.15, -0.1) is 0 Å². The minimum Gasteiger partial charge on any atom is -0.335 e. The van der Waals surface area contributed by atoms with Gasteiger partial charge in [0.05, 0.1) is 4.90 Å². The lowest BCUT2D eigenvalue weighted by molar-refractivity contribution is 0.0773. The van der Waals surface area contributed by atoms with Crippen LogP contribution >= 0.6 is 0 Å². The van der Waals surface area contributed by atoms with Gasteiger partial charge >= 0.3 is 0 Å². The highest BCUT2D eigenvalue weighted by Crippen LogP contribution is 2.24. The van der Waals surface area contributed by atoms with Crippen LogP contribution in [0.2, 0.25) is 0 Å². The molecule has 1 amide bonds. The summed E-state index contributed by atoms with van der Waals surface area (Å²) in [7, 11) is -3.49. The molecule has 1 fully saturated rings. The SMILES string of the molecule is O=C(c1ccc(S(=O)(=O)NC2CC2)cc1)N1CC=C(c2ccccc2)CC1. The summed E-state index contributed by atoms with van der Waals surface area (Å²) in [5, 5.41) is 0. The summed E-state index contributed by atoms with van der Waals surface area (Å²) in [6.45, 7) is 1.22. The highest BCUT2D eigenvalue weighted by atomic mass is 32.2. The quantitative estimate of drug-likeness (QED) is 0.864. The smallest absolute Gasteiger partial charge is 0.254 e. The Bertz CT molecular complexity index is 962. The summed E-state index contributed by atoms with van der Waals surface area (Å²) in [6, 6.07) is 16.5. The Morgan fingerprint density at radius 2 is 1.70 bits per heavy atom. The van der Waals surface area contributed by atoms with Crippen LogP contribution in [-0.4, -0.2) is 38.4 Å². The summed E-state index contributed by atoms with van der Waals surface area (Å²) in [5.41, 5.74) is 2.96. The number of carbonyl (C=O) groups is 1. The third-order valence-electron chi connectivity index (χ3n) is 4.95. The highest BCUT2D eigenvalue weighted by molar-refractivity contribution is 7.89. The lowest BCUT2D eigenvalue weighted by Gasteiger charge is -2.27. The van der Waals surface area contributed by atoms with E-state index in [1.165, 1.54) is 23.3 Å². The molecule has 0 saturated heterocycles. The van der Waals surface area contributed by atoms with E-state index in [-0.39, 0.29) is 16.8 Å². The molecule has 1 N–H and O–H groups in total. The van der Waals surface area contributed by atoms with Crippen LogP contribution in [0.15, 0.2) is 65.6 Å². The van der Waals surface area contributed by atoms with E-state index < -0.39 is 10.0 Å². The van der Waals surface area contributed by atoms with Gasteiger partial charge in [-0.3, -0.25) is 4.79 Å². The molecule has 2 aromatic carbocycles. The number of benzene rings is 2. The molecular formula is C21H22N2O3S. The Hall–Kier alpha value is -2.44. The maximum Gasteiger partial charge on any atom is 0.254 e. The van der Waals surface area contributed by atoms with Gasteiger partial charge in [0.1, 0.15) is 0 Å². The van der Waals surface area contributed by atoms with Crippen molar-refractivity contribution in [2.24, 2.45) is 0 Å². The second-order valence-corrected chi connectivity index (χ2v) is 8.73. The Morgan fingerprint density at radius 1 is 1.00 bits per heavy atom. The van der Waals surface area contributed by atoms with E-state index in [2.05, 4.69) is 22.9 Å². The van der Waals surface area contributed by atoms with E-state index in [1.807, 2.05) is 18.2 Å². The number of sulfonamides is 1. The van der Waals surface area contributed by atoms with E-state index in [1.54, 1.807) is 17.0 Å². The largest absolute Gasteiger partial charge is 0.335 e. The number of rotatable bonds is 5. The van der Waals surface area contributed by atoms with Gasteiger partial charge in [0, 0.05) is 24.7 Å². The number of nitrogens with one attached hydrogen (secondary N) is 1. The van der Waals surface area contributed by atoms with Gasteiger partial charge in [-0.2, -0.15) is 0 Å². The summed E-state index contributed by atoms with van der Waals surface area (Å²) >= 11 is 0. The molecule has 5 nitrogen and oxygen atoms in total. The molecule has 0 spiro atoms. The Kier molecular flexibility index (Phi) is 4.85. The van der Waals surface area contributed by atoms with E-state index in [4.69, 9.17) is 0 Å². The lowest BCUT2D eigenvalue weighted by atomic mass is 9.99. The highest BCUT2D eigenvalue weighted by Gasteiger charge is 2.28. The molecule has 4 rings (SSSR count). The molecule has 6 heteroatoms. The number of hydrogen-bond acceptors (Lipinski definition) is 3. The van der Waals surface area contributed by atoms with Crippen LogP contribution < -0.4 is 4.72 Å². The number of nitrogens with zero attached hydrogens (tertiary/aromatic N) is 1. The molecule has 0 atom stereocenters. The maximum absolute atomic E-state index is 12.7. The van der Waals surface area contributed by atoms with Crippen LogP contribution in [0.3, 0.4) is 0 Å². The predicted octanol–water partition coefficient (Wildman–Crippen LogP) is 3.06.